The van der Waals surface area contributed by atoms with Crippen LogP contribution in [0.25, 0.3) is 11.3 Å². The molecule has 2 rings (SSSR count). The van der Waals surface area contributed by atoms with Crippen molar-refractivity contribution in [1.82, 2.24) is 4.98 Å². The largest absolute Gasteiger partial charge is 0.476 e. The number of rotatable bonds is 2. The Morgan fingerprint density at radius 3 is 2.56 bits per heavy atom. The van der Waals surface area contributed by atoms with Gasteiger partial charge in [0.2, 0.25) is 0 Å². The number of aromatic nitrogens is 1. The first-order valence-electron chi connectivity index (χ1n) is 4.54. The molecule has 0 unspecified atom stereocenters. The van der Waals surface area contributed by atoms with E-state index in [2.05, 4.69) is 4.98 Å². The monoisotopic (exact) mass is 237 g/mol. The number of oxazole rings is 1. The molecule has 82 valence electrons. The van der Waals surface area contributed by atoms with Gasteiger partial charge in [-0.25, -0.2) is 9.78 Å². The molecule has 1 aromatic carbocycles. The van der Waals surface area contributed by atoms with Crippen LogP contribution in [0.15, 0.2) is 28.7 Å². The van der Waals surface area contributed by atoms with Gasteiger partial charge in [0, 0.05) is 17.5 Å². The zero-order valence-corrected chi connectivity index (χ0v) is 9.15. The van der Waals surface area contributed by atoms with Crippen molar-refractivity contribution in [2.24, 2.45) is 0 Å². The van der Waals surface area contributed by atoms with Gasteiger partial charge in [-0.1, -0.05) is 11.6 Å². The molecule has 0 saturated heterocycles. The second kappa shape index (κ2) is 3.98. The quantitative estimate of drug-likeness (QED) is 0.872. The fraction of sp³-hybridized carbons (Fsp3) is 0.0909. The molecule has 16 heavy (non-hydrogen) atoms. The first-order chi connectivity index (χ1) is 7.58. The van der Waals surface area contributed by atoms with E-state index in [0.717, 1.165) is 0 Å². The lowest BCUT2D eigenvalue weighted by Crippen LogP contribution is -1.98. The maximum atomic E-state index is 10.9. The van der Waals surface area contributed by atoms with Gasteiger partial charge in [0.15, 0.2) is 17.3 Å². The second-order valence-electron chi connectivity index (χ2n) is 3.22. The fourth-order valence-corrected chi connectivity index (χ4v) is 1.49. The Bertz CT molecular complexity index is 531. The van der Waals surface area contributed by atoms with E-state index in [9.17, 15) is 4.79 Å². The average molecular weight is 238 g/mol. The van der Waals surface area contributed by atoms with Gasteiger partial charge in [-0.2, -0.15) is 0 Å². The molecule has 4 nitrogen and oxygen atoms in total. The lowest BCUT2D eigenvalue weighted by atomic mass is 10.1. The molecular formula is C11H8ClNO3. The van der Waals surface area contributed by atoms with E-state index in [0.29, 0.717) is 16.5 Å². The minimum Gasteiger partial charge on any atom is -0.476 e. The van der Waals surface area contributed by atoms with Crippen molar-refractivity contribution in [2.75, 3.05) is 0 Å². The number of carboxylic acids is 1. The van der Waals surface area contributed by atoms with Crippen LogP contribution in [0.1, 0.15) is 16.4 Å². The second-order valence-corrected chi connectivity index (χ2v) is 3.66. The summed E-state index contributed by atoms with van der Waals surface area (Å²) in [5.41, 5.74) is 0.558. The van der Waals surface area contributed by atoms with Gasteiger partial charge in [-0.05, 0) is 24.3 Å². The standard InChI is InChI=1S/C11H8ClNO3/c1-6-13-9(11(14)15)10(16-6)7-2-4-8(12)5-3-7/h2-5H,1H3,(H,14,15). The van der Waals surface area contributed by atoms with Crippen LogP contribution in [0.2, 0.25) is 5.02 Å². The van der Waals surface area contributed by atoms with Crippen molar-refractivity contribution in [3.05, 3.63) is 40.9 Å². The van der Waals surface area contributed by atoms with E-state index in [-0.39, 0.29) is 11.5 Å². The maximum absolute atomic E-state index is 10.9. The molecule has 0 bridgehead atoms. The highest BCUT2D eigenvalue weighted by Gasteiger charge is 2.18. The summed E-state index contributed by atoms with van der Waals surface area (Å²) in [5.74, 6) is -0.536. The third-order valence-corrected chi connectivity index (χ3v) is 2.30. The van der Waals surface area contributed by atoms with E-state index in [1.54, 1.807) is 31.2 Å². The topological polar surface area (TPSA) is 63.3 Å². The molecule has 0 saturated carbocycles. The molecule has 0 fully saturated rings. The summed E-state index contributed by atoms with van der Waals surface area (Å²) in [6.07, 6.45) is 0. The Hall–Kier alpha value is -1.81. The average Bonchev–Trinajstić information content (AvgIpc) is 2.61. The first kappa shape index (κ1) is 10.7. The molecule has 0 amide bonds. The zero-order chi connectivity index (χ0) is 11.7. The molecule has 0 spiro atoms. The third kappa shape index (κ3) is 1.92. The Balaban J connectivity index is 2.55. The summed E-state index contributed by atoms with van der Waals surface area (Å²) in [5, 5.41) is 9.53. The van der Waals surface area contributed by atoms with Gasteiger partial charge in [-0.15, -0.1) is 0 Å². The number of halogens is 1. The molecule has 1 heterocycles. The highest BCUT2D eigenvalue weighted by Crippen LogP contribution is 2.26. The van der Waals surface area contributed by atoms with E-state index >= 15 is 0 Å². The minimum atomic E-state index is -1.11. The highest BCUT2D eigenvalue weighted by molar-refractivity contribution is 6.30. The number of benzene rings is 1. The van der Waals surface area contributed by atoms with Crippen LogP contribution in [-0.4, -0.2) is 16.1 Å². The van der Waals surface area contributed by atoms with Crippen LogP contribution in [0.3, 0.4) is 0 Å². The Kier molecular flexibility index (Phi) is 2.66. The maximum Gasteiger partial charge on any atom is 0.358 e. The molecule has 2 aromatic rings. The van der Waals surface area contributed by atoms with Gasteiger partial charge < -0.3 is 9.52 Å². The number of nitrogens with zero attached hydrogens (tertiary/aromatic N) is 1. The van der Waals surface area contributed by atoms with Crippen molar-refractivity contribution in [1.29, 1.82) is 0 Å². The molecule has 0 aliphatic heterocycles. The summed E-state index contributed by atoms with van der Waals surface area (Å²) < 4.78 is 5.27. The number of aryl methyl sites for hydroxylation is 1. The number of carbonyl (C=O) groups is 1. The predicted octanol–water partition coefficient (Wildman–Crippen LogP) is 3.00. The highest BCUT2D eigenvalue weighted by atomic mass is 35.5. The van der Waals surface area contributed by atoms with Crippen LogP contribution in [-0.2, 0) is 0 Å². The normalized spacial score (nSPS) is 10.4. The smallest absolute Gasteiger partial charge is 0.358 e. The summed E-state index contributed by atoms with van der Waals surface area (Å²) in [4.78, 5) is 14.7. The molecule has 0 aliphatic rings. The van der Waals surface area contributed by atoms with E-state index in [1.807, 2.05) is 0 Å². The van der Waals surface area contributed by atoms with Gasteiger partial charge in [0.25, 0.3) is 0 Å². The van der Waals surface area contributed by atoms with E-state index in [4.69, 9.17) is 21.1 Å². The van der Waals surface area contributed by atoms with Crippen molar-refractivity contribution in [3.8, 4) is 11.3 Å². The molecule has 0 radical (unpaired) electrons. The van der Waals surface area contributed by atoms with Crippen molar-refractivity contribution < 1.29 is 14.3 Å². The third-order valence-electron chi connectivity index (χ3n) is 2.04. The number of aromatic carboxylic acids is 1. The summed E-state index contributed by atoms with van der Waals surface area (Å²) in [7, 11) is 0. The van der Waals surface area contributed by atoms with Gasteiger partial charge >= 0.3 is 5.97 Å². The van der Waals surface area contributed by atoms with Gasteiger partial charge in [-0.3, -0.25) is 0 Å². The van der Waals surface area contributed by atoms with Crippen LogP contribution < -0.4 is 0 Å². The lowest BCUT2D eigenvalue weighted by molar-refractivity contribution is 0.0691. The molecule has 1 aromatic heterocycles. The minimum absolute atomic E-state index is 0.0835. The van der Waals surface area contributed by atoms with Crippen molar-refractivity contribution in [3.63, 3.8) is 0 Å². The Morgan fingerprint density at radius 1 is 1.38 bits per heavy atom. The van der Waals surface area contributed by atoms with E-state index in [1.165, 1.54) is 0 Å². The Labute approximate surface area is 96.5 Å². The number of hydrogen-bond donors (Lipinski definition) is 1. The lowest BCUT2D eigenvalue weighted by Gasteiger charge is -1.97. The SMILES string of the molecule is Cc1nc(C(=O)O)c(-c2ccc(Cl)cc2)o1. The van der Waals surface area contributed by atoms with Gasteiger partial charge in [0.1, 0.15) is 0 Å². The molecule has 1 N–H and O–H groups in total. The van der Waals surface area contributed by atoms with Crippen molar-refractivity contribution >= 4 is 17.6 Å². The van der Waals surface area contributed by atoms with E-state index < -0.39 is 5.97 Å². The predicted molar refractivity (Wildman–Crippen MR) is 58.6 cm³/mol. The van der Waals surface area contributed by atoms with Crippen LogP contribution in [0.4, 0.5) is 0 Å². The summed E-state index contributed by atoms with van der Waals surface area (Å²) in [6.45, 7) is 1.60. The summed E-state index contributed by atoms with van der Waals surface area (Å²) >= 11 is 5.74. The molecule has 5 heteroatoms. The molecular weight excluding hydrogens is 230 g/mol. The molecule has 0 aliphatic carbocycles. The Morgan fingerprint density at radius 2 is 2.00 bits per heavy atom. The van der Waals surface area contributed by atoms with Gasteiger partial charge in [0.05, 0.1) is 0 Å². The van der Waals surface area contributed by atoms with Crippen molar-refractivity contribution in [2.45, 2.75) is 6.92 Å². The fourth-order valence-electron chi connectivity index (χ4n) is 1.37. The van der Waals surface area contributed by atoms with Crippen LogP contribution >= 0.6 is 11.6 Å². The molecule has 0 atom stereocenters. The van der Waals surface area contributed by atoms with Crippen LogP contribution in [0, 0.1) is 6.92 Å². The van der Waals surface area contributed by atoms with Crippen LogP contribution in [0.5, 0.6) is 0 Å². The first-order valence-corrected chi connectivity index (χ1v) is 4.92. The number of hydrogen-bond acceptors (Lipinski definition) is 3. The summed E-state index contributed by atoms with van der Waals surface area (Å²) in [6, 6.07) is 6.71. The number of carboxylic acid groups (broad SMARTS) is 1. The zero-order valence-electron chi connectivity index (χ0n) is 8.40.